The monoisotopic (exact) mass is 552 g/mol. The van der Waals surface area contributed by atoms with Crippen LogP contribution in [0.4, 0.5) is 0 Å². The molecule has 2 heterocycles. The first-order valence-corrected chi connectivity index (χ1v) is 14.1. The minimum atomic E-state index is -0.788. The van der Waals surface area contributed by atoms with Crippen molar-refractivity contribution in [3.8, 4) is 23.0 Å². The molecule has 2 aliphatic rings. The number of unbranched alkanes of at least 4 members (excludes halogenated alkanes) is 2. The van der Waals surface area contributed by atoms with Crippen LogP contribution in [0.1, 0.15) is 56.7 Å². The zero-order chi connectivity index (χ0) is 28.6. The molecule has 0 bridgehead atoms. The van der Waals surface area contributed by atoms with Crippen molar-refractivity contribution in [3.05, 3.63) is 53.1 Å². The van der Waals surface area contributed by atoms with Crippen LogP contribution in [-0.2, 0) is 9.59 Å². The summed E-state index contributed by atoms with van der Waals surface area (Å²) in [6, 6.07) is 9.68. The van der Waals surface area contributed by atoms with Crippen molar-refractivity contribution in [2.24, 2.45) is 0 Å². The van der Waals surface area contributed by atoms with Gasteiger partial charge in [-0.1, -0.05) is 25.8 Å². The Bertz CT molecular complexity index is 1240. The zero-order valence-electron chi connectivity index (χ0n) is 23.9. The van der Waals surface area contributed by atoms with Crippen molar-refractivity contribution < 1.29 is 33.6 Å². The van der Waals surface area contributed by atoms with Gasteiger partial charge in [-0.25, -0.2) is 0 Å². The van der Waals surface area contributed by atoms with Gasteiger partial charge in [0.1, 0.15) is 19.0 Å². The Morgan fingerprint density at radius 1 is 0.975 bits per heavy atom. The maximum absolute atomic E-state index is 13.4. The van der Waals surface area contributed by atoms with Crippen LogP contribution in [0.15, 0.2) is 42.0 Å². The Hall–Kier alpha value is -3.72. The summed E-state index contributed by atoms with van der Waals surface area (Å²) in [6.45, 7) is 6.95. The number of rotatable bonds is 13. The summed E-state index contributed by atoms with van der Waals surface area (Å²) in [5.41, 5.74) is 1.07. The lowest BCUT2D eigenvalue weighted by Gasteiger charge is -2.27. The van der Waals surface area contributed by atoms with Crippen LogP contribution in [0, 0.1) is 0 Å². The number of fused-ring (bicyclic) bond motifs is 1. The average molecular weight is 553 g/mol. The van der Waals surface area contributed by atoms with Gasteiger partial charge in [0.05, 0.1) is 24.8 Å². The van der Waals surface area contributed by atoms with E-state index < -0.39 is 17.7 Å². The highest BCUT2D eigenvalue weighted by molar-refractivity contribution is 6.46. The van der Waals surface area contributed by atoms with Gasteiger partial charge in [0.25, 0.3) is 11.7 Å². The van der Waals surface area contributed by atoms with E-state index in [1.165, 1.54) is 0 Å². The fourth-order valence-electron chi connectivity index (χ4n) is 4.98. The van der Waals surface area contributed by atoms with Crippen LogP contribution >= 0.6 is 0 Å². The topological polar surface area (TPSA) is 97.8 Å². The number of ether oxygens (including phenoxy) is 4. The molecule has 2 aliphatic heterocycles. The number of carbonyl (C=O) groups is 2. The number of amides is 1. The molecular formula is C31H40N2O7. The van der Waals surface area contributed by atoms with Gasteiger partial charge in [-0.15, -0.1) is 0 Å². The second-order valence-corrected chi connectivity index (χ2v) is 10.2. The molecule has 40 heavy (non-hydrogen) atoms. The largest absolute Gasteiger partial charge is 0.507 e. The lowest BCUT2D eigenvalue weighted by atomic mass is 9.94. The molecule has 1 atom stereocenters. The molecule has 0 aromatic heterocycles. The molecule has 1 amide bonds. The van der Waals surface area contributed by atoms with E-state index in [1.54, 1.807) is 23.1 Å². The molecular weight excluding hydrogens is 512 g/mol. The Morgan fingerprint density at radius 3 is 2.48 bits per heavy atom. The minimum absolute atomic E-state index is 0.0330. The van der Waals surface area contributed by atoms with E-state index in [-0.39, 0.29) is 11.3 Å². The summed E-state index contributed by atoms with van der Waals surface area (Å²) >= 11 is 0. The molecule has 1 fully saturated rings. The van der Waals surface area contributed by atoms with Crippen molar-refractivity contribution in [1.29, 1.82) is 0 Å². The molecule has 9 nitrogen and oxygen atoms in total. The molecule has 1 N–H and O–H groups in total. The fraction of sp³-hybridized carbons (Fsp3) is 0.484. The molecule has 0 saturated carbocycles. The second kappa shape index (κ2) is 13.6. The average Bonchev–Trinajstić information content (AvgIpc) is 3.20. The number of aliphatic hydroxyl groups is 1. The third-order valence-electron chi connectivity index (χ3n) is 6.95. The lowest BCUT2D eigenvalue weighted by Crippen LogP contribution is -2.32. The smallest absolute Gasteiger partial charge is 0.295 e. The molecule has 216 valence electrons. The van der Waals surface area contributed by atoms with Crippen LogP contribution in [0.3, 0.4) is 0 Å². The predicted octanol–water partition coefficient (Wildman–Crippen LogP) is 4.80. The number of nitrogens with zero attached hydrogens (tertiary/aromatic N) is 2. The Labute approximate surface area is 236 Å². The number of Topliss-reactive ketones (excluding diaryl/α,β-unsaturated/α-hetero) is 1. The molecule has 1 saturated heterocycles. The second-order valence-electron chi connectivity index (χ2n) is 10.2. The third-order valence-corrected chi connectivity index (χ3v) is 6.95. The molecule has 0 aliphatic carbocycles. The summed E-state index contributed by atoms with van der Waals surface area (Å²) in [4.78, 5) is 30.4. The van der Waals surface area contributed by atoms with E-state index in [2.05, 4.69) is 6.92 Å². The summed E-state index contributed by atoms with van der Waals surface area (Å²) in [6.07, 6.45) is 3.77. The molecule has 2 aromatic carbocycles. The van der Waals surface area contributed by atoms with Crippen molar-refractivity contribution >= 4 is 17.4 Å². The summed E-state index contributed by atoms with van der Waals surface area (Å²) in [5, 5.41) is 11.5. The first-order chi connectivity index (χ1) is 19.3. The Balaban J connectivity index is 1.76. The van der Waals surface area contributed by atoms with Gasteiger partial charge in [-0.2, -0.15) is 0 Å². The van der Waals surface area contributed by atoms with Crippen molar-refractivity contribution in [2.45, 2.75) is 45.6 Å². The van der Waals surface area contributed by atoms with E-state index in [1.807, 2.05) is 44.1 Å². The number of hydrogen-bond donors (Lipinski definition) is 1. The maximum atomic E-state index is 13.4. The first-order valence-electron chi connectivity index (χ1n) is 14.1. The lowest BCUT2D eigenvalue weighted by molar-refractivity contribution is -0.139. The Morgan fingerprint density at radius 2 is 1.75 bits per heavy atom. The van der Waals surface area contributed by atoms with E-state index in [4.69, 9.17) is 18.9 Å². The molecule has 0 unspecified atom stereocenters. The molecule has 9 heteroatoms. The van der Waals surface area contributed by atoms with Gasteiger partial charge >= 0.3 is 0 Å². The van der Waals surface area contributed by atoms with Crippen molar-refractivity contribution in [3.63, 3.8) is 0 Å². The van der Waals surface area contributed by atoms with E-state index >= 15 is 0 Å². The number of aliphatic hydroxyl groups excluding tert-OH is 1. The van der Waals surface area contributed by atoms with E-state index in [9.17, 15) is 14.7 Å². The van der Waals surface area contributed by atoms with E-state index in [0.717, 1.165) is 25.8 Å². The standard InChI is InChI=1S/C31H40N2O7/c1-5-7-8-16-38-23-12-10-21(19-25(23)37-6-2)28-27(30(35)31(36)33(28)15-9-14-32(3)4)29(34)22-11-13-24-26(20-22)40-18-17-39-24/h10-13,19-20,28,34H,5-9,14-18H2,1-4H3/b29-27+/t28-/m0/s1. The number of benzene rings is 2. The van der Waals surface area contributed by atoms with Crippen LogP contribution in [0.25, 0.3) is 5.76 Å². The fourth-order valence-corrected chi connectivity index (χ4v) is 4.98. The van der Waals surface area contributed by atoms with E-state index in [0.29, 0.717) is 73.5 Å². The highest BCUT2D eigenvalue weighted by atomic mass is 16.6. The van der Waals surface area contributed by atoms with Gasteiger partial charge in [0, 0.05) is 12.1 Å². The predicted molar refractivity (Wildman–Crippen MR) is 152 cm³/mol. The van der Waals surface area contributed by atoms with Gasteiger partial charge in [0.15, 0.2) is 23.0 Å². The summed E-state index contributed by atoms with van der Waals surface area (Å²) < 4.78 is 23.2. The SMILES string of the molecule is CCCCCOc1ccc([C@H]2/C(=C(\O)c3ccc4c(c3)OCCO4)C(=O)C(=O)N2CCCN(C)C)cc1OCC. The van der Waals surface area contributed by atoms with Crippen LogP contribution in [0.5, 0.6) is 23.0 Å². The van der Waals surface area contributed by atoms with Gasteiger partial charge in [0.2, 0.25) is 0 Å². The van der Waals surface area contributed by atoms with Crippen molar-refractivity contribution in [2.75, 3.05) is 53.6 Å². The quantitative estimate of drug-likeness (QED) is 0.164. The molecule has 2 aromatic rings. The van der Waals surface area contributed by atoms with Crippen LogP contribution in [-0.4, -0.2) is 80.2 Å². The van der Waals surface area contributed by atoms with Gasteiger partial charge < -0.3 is 33.9 Å². The highest BCUT2D eigenvalue weighted by Crippen LogP contribution is 2.43. The summed E-state index contributed by atoms with van der Waals surface area (Å²) in [7, 11) is 3.92. The molecule has 0 spiro atoms. The molecule has 4 rings (SSSR count). The summed E-state index contributed by atoms with van der Waals surface area (Å²) in [5.74, 6) is 0.580. The first kappa shape index (κ1) is 29.3. The normalized spacial score (nSPS) is 17.9. The van der Waals surface area contributed by atoms with Gasteiger partial charge in [-0.3, -0.25) is 9.59 Å². The van der Waals surface area contributed by atoms with Crippen LogP contribution in [0.2, 0.25) is 0 Å². The number of carbonyl (C=O) groups excluding carboxylic acids is 2. The number of ketones is 1. The van der Waals surface area contributed by atoms with Crippen molar-refractivity contribution in [1.82, 2.24) is 9.80 Å². The zero-order valence-corrected chi connectivity index (χ0v) is 23.9. The Kier molecular flexibility index (Phi) is 9.93. The maximum Gasteiger partial charge on any atom is 0.295 e. The number of likely N-dealkylation sites (tertiary alicyclic amines) is 1. The highest BCUT2D eigenvalue weighted by Gasteiger charge is 2.46. The third kappa shape index (κ3) is 6.53. The van der Waals surface area contributed by atoms with Crippen LogP contribution < -0.4 is 18.9 Å². The molecule has 0 radical (unpaired) electrons. The minimum Gasteiger partial charge on any atom is -0.507 e. The number of hydrogen-bond acceptors (Lipinski definition) is 8. The van der Waals surface area contributed by atoms with Gasteiger partial charge in [-0.05, 0) is 76.3 Å².